The number of nitrogens with two attached hydrogens (primary N) is 1. The number of fused-ring (bicyclic) bond motifs is 1. The summed E-state index contributed by atoms with van der Waals surface area (Å²) in [4.78, 5) is 4.55. The molecule has 2 N–H and O–H groups in total. The van der Waals surface area contributed by atoms with Gasteiger partial charge in [-0.15, -0.1) is 0 Å². The molecule has 0 aliphatic heterocycles. The minimum atomic E-state index is 0.446. The van der Waals surface area contributed by atoms with Crippen molar-refractivity contribution in [3.8, 4) is 0 Å². The van der Waals surface area contributed by atoms with Crippen LogP contribution in [0.5, 0.6) is 0 Å². The van der Waals surface area contributed by atoms with Gasteiger partial charge in [0, 0.05) is 18.4 Å². The van der Waals surface area contributed by atoms with Gasteiger partial charge in [0.2, 0.25) is 0 Å². The third-order valence-electron chi connectivity index (χ3n) is 2.64. The van der Waals surface area contributed by atoms with E-state index in [-0.39, 0.29) is 0 Å². The Morgan fingerprint density at radius 3 is 2.80 bits per heavy atom. The Hall–Kier alpha value is -1.35. The molecule has 0 saturated heterocycles. The number of aromatic nitrogens is 2. The van der Waals surface area contributed by atoms with Gasteiger partial charge in [0.25, 0.3) is 0 Å². The average Bonchev–Trinajstić information content (AvgIpc) is 2.54. The molecule has 0 atom stereocenters. The molecule has 80 valence electrons. The van der Waals surface area contributed by atoms with Crippen LogP contribution in [0.25, 0.3) is 5.65 Å². The van der Waals surface area contributed by atoms with E-state index in [2.05, 4.69) is 48.5 Å². The summed E-state index contributed by atoms with van der Waals surface area (Å²) in [5, 5.41) is 0. The molecule has 0 aliphatic rings. The molecule has 0 radical (unpaired) electrons. The Kier molecular flexibility index (Phi) is 2.49. The first kappa shape index (κ1) is 10.2. The summed E-state index contributed by atoms with van der Waals surface area (Å²) in [5.41, 5.74) is 10.2. The topological polar surface area (TPSA) is 43.3 Å². The zero-order valence-corrected chi connectivity index (χ0v) is 9.49. The molecule has 0 aromatic carbocycles. The highest BCUT2D eigenvalue weighted by Gasteiger charge is 2.13. The number of hydrogen-bond donors (Lipinski definition) is 1. The molecule has 2 aromatic heterocycles. The third kappa shape index (κ3) is 1.63. The van der Waals surface area contributed by atoms with Crippen LogP contribution in [0.4, 0.5) is 0 Å². The van der Waals surface area contributed by atoms with E-state index in [1.54, 1.807) is 0 Å². The highest BCUT2D eigenvalue weighted by atomic mass is 15.0. The lowest BCUT2D eigenvalue weighted by atomic mass is 10.1. The molecule has 0 saturated carbocycles. The van der Waals surface area contributed by atoms with Crippen LogP contribution in [-0.4, -0.2) is 9.38 Å². The van der Waals surface area contributed by atoms with E-state index in [0.717, 1.165) is 11.3 Å². The fraction of sp³-hybridized carbons (Fsp3) is 0.417. The van der Waals surface area contributed by atoms with Gasteiger partial charge in [-0.05, 0) is 30.5 Å². The lowest BCUT2D eigenvalue weighted by molar-refractivity contribution is 0.783. The predicted molar refractivity (Wildman–Crippen MR) is 61.9 cm³/mol. The Bertz CT molecular complexity index is 483. The van der Waals surface area contributed by atoms with E-state index in [0.29, 0.717) is 12.5 Å². The van der Waals surface area contributed by atoms with Gasteiger partial charge in [0.15, 0.2) is 0 Å². The first-order chi connectivity index (χ1) is 7.13. The third-order valence-corrected chi connectivity index (χ3v) is 2.64. The molecule has 3 nitrogen and oxygen atoms in total. The number of aryl methyl sites for hydroxylation is 1. The van der Waals surface area contributed by atoms with Crippen LogP contribution in [0.15, 0.2) is 18.3 Å². The Morgan fingerprint density at radius 2 is 2.20 bits per heavy atom. The normalized spacial score (nSPS) is 11.5. The fourth-order valence-electron chi connectivity index (χ4n) is 1.98. The first-order valence-corrected chi connectivity index (χ1v) is 5.31. The molecule has 0 aliphatic carbocycles. The Labute approximate surface area is 89.9 Å². The number of imidazole rings is 1. The van der Waals surface area contributed by atoms with Gasteiger partial charge < -0.3 is 10.1 Å². The number of rotatable bonds is 2. The minimum Gasteiger partial charge on any atom is -0.325 e. The second-order valence-electron chi connectivity index (χ2n) is 4.23. The zero-order valence-electron chi connectivity index (χ0n) is 9.49. The van der Waals surface area contributed by atoms with Gasteiger partial charge >= 0.3 is 0 Å². The summed E-state index contributed by atoms with van der Waals surface area (Å²) in [7, 11) is 0. The Morgan fingerprint density at radius 1 is 1.47 bits per heavy atom. The molecule has 0 fully saturated rings. The van der Waals surface area contributed by atoms with Crippen molar-refractivity contribution >= 4 is 5.65 Å². The minimum absolute atomic E-state index is 0.446. The lowest BCUT2D eigenvalue weighted by Crippen LogP contribution is -2.03. The second-order valence-corrected chi connectivity index (χ2v) is 4.23. The summed E-state index contributed by atoms with van der Waals surface area (Å²) < 4.78 is 2.14. The maximum atomic E-state index is 5.71. The number of hydrogen-bond acceptors (Lipinski definition) is 2. The van der Waals surface area contributed by atoms with Crippen LogP contribution in [0, 0.1) is 6.92 Å². The highest BCUT2D eigenvalue weighted by Crippen LogP contribution is 2.21. The molecule has 15 heavy (non-hydrogen) atoms. The molecule has 2 rings (SSSR count). The number of nitrogens with zero attached hydrogens (tertiary/aromatic N) is 2. The van der Waals surface area contributed by atoms with Crippen molar-refractivity contribution in [2.75, 3.05) is 0 Å². The van der Waals surface area contributed by atoms with Crippen molar-refractivity contribution in [1.82, 2.24) is 9.38 Å². The van der Waals surface area contributed by atoms with Gasteiger partial charge in [-0.1, -0.05) is 13.8 Å². The first-order valence-electron chi connectivity index (χ1n) is 5.31. The van der Waals surface area contributed by atoms with Crippen molar-refractivity contribution in [2.24, 2.45) is 5.73 Å². The smallest absolute Gasteiger partial charge is 0.137 e. The van der Waals surface area contributed by atoms with E-state index >= 15 is 0 Å². The zero-order chi connectivity index (χ0) is 11.0. The molecule has 0 bridgehead atoms. The van der Waals surface area contributed by atoms with E-state index in [4.69, 9.17) is 5.73 Å². The van der Waals surface area contributed by atoms with Crippen LogP contribution < -0.4 is 5.73 Å². The molecule has 0 unspecified atom stereocenters. The largest absolute Gasteiger partial charge is 0.325 e. The number of pyridine rings is 1. The quantitative estimate of drug-likeness (QED) is 0.813. The molecule has 2 heterocycles. The fourth-order valence-corrected chi connectivity index (χ4v) is 1.98. The molecule has 2 aromatic rings. The second kappa shape index (κ2) is 3.66. The average molecular weight is 203 g/mol. The lowest BCUT2D eigenvalue weighted by Gasteiger charge is -2.07. The SMILES string of the molecule is Cc1ccn2c(C(C)C)c(CN)nc2c1. The summed E-state index contributed by atoms with van der Waals surface area (Å²) in [6, 6.07) is 4.19. The van der Waals surface area contributed by atoms with Crippen molar-refractivity contribution in [1.29, 1.82) is 0 Å². The predicted octanol–water partition coefficient (Wildman–Crippen LogP) is 2.22. The van der Waals surface area contributed by atoms with E-state index in [1.165, 1.54) is 11.3 Å². The molecular formula is C12H17N3. The van der Waals surface area contributed by atoms with Crippen LogP contribution >= 0.6 is 0 Å². The van der Waals surface area contributed by atoms with E-state index < -0.39 is 0 Å². The van der Waals surface area contributed by atoms with Crippen molar-refractivity contribution < 1.29 is 0 Å². The van der Waals surface area contributed by atoms with Crippen LogP contribution in [0.1, 0.15) is 36.7 Å². The van der Waals surface area contributed by atoms with Gasteiger partial charge in [-0.2, -0.15) is 0 Å². The van der Waals surface area contributed by atoms with Crippen molar-refractivity contribution in [3.63, 3.8) is 0 Å². The maximum absolute atomic E-state index is 5.71. The van der Waals surface area contributed by atoms with Crippen LogP contribution in [0.3, 0.4) is 0 Å². The summed E-state index contributed by atoms with van der Waals surface area (Å²) >= 11 is 0. The van der Waals surface area contributed by atoms with Crippen LogP contribution in [-0.2, 0) is 6.54 Å². The van der Waals surface area contributed by atoms with E-state index in [9.17, 15) is 0 Å². The van der Waals surface area contributed by atoms with Gasteiger partial charge in [-0.3, -0.25) is 0 Å². The van der Waals surface area contributed by atoms with Gasteiger partial charge in [-0.25, -0.2) is 4.98 Å². The molecule has 0 spiro atoms. The monoisotopic (exact) mass is 203 g/mol. The standard InChI is InChI=1S/C12H17N3/c1-8(2)12-10(7-13)14-11-6-9(3)4-5-15(11)12/h4-6,8H,7,13H2,1-3H3. The summed E-state index contributed by atoms with van der Waals surface area (Å²) in [6.45, 7) is 6.92. The van der Waals surface area contributed by atoms with Crippen molar-refractivity contribution in [3.05, 3.63) is 35.3 Å². The molecule has 3 heteroatoms. The van der Waals surface area contributed by atoms with Gasteiger partial charge in [0.1, 0.15) is 5.65 Å². The molecular weight excluding hydrogens is 186 g/mol. The van der Waals surface area contributed by atoms with Gasteiger partial charge in [0.05, 0.1) is 5.69 Å². The maximum Gasteiger partial charge on any atom is 0.137 e. The van der Waals surface area contributed by atoms with Crippen LogP contribution in [0.2, 0.25) is 0 Å². The summed E-state index contributed by atoms with van der Waals surface area (Å²) in [5.74, 6) is 0.446. The highest BCUT2D eigenvalue weighted by molar-refractivity contribution is 5.46. The van der Waals surface area contributed by atoms with Crippen molar-refractivity contribution in [2.45, 2.75) is 33.2 Å². The molecule has 0 amide bonds. The van der Waals surface area contributed by atoms with E-state index in [1.807, 2.05) is 0 Å². The Balaban J connectivity index is 2.74. The summed E-state index contributed by atoms with van der Waals surface area (Å²) in [6.07, 6.45) is 2.08.